The van der Waals surface area contributed by atoms with Gasteiger partial charge in [0.25, 0.3) is 5.91 Å². The van der Waals surface area contributed by atoms with Gasteiger partial charge in [-0.1, -0.05) is 18.9 Å². The summed E-state index contributed by atoms with van der Waals surface area (Å²) in [5.41, 5.74) is -0.220. The quantitative estimate of drug-likeness (QED) is 0.670. The molecule has 6 nitrogen and oxygen atoms in total. The van der Waals surface area contributed by atoms with E-state index in [4.69, 9.17) is 5.11 Å². The zero-order chi connectivity index (χ0) is 14.7. The van der Waals surface area contributed by atoms with E-state index in [2.05, 4.69) is 5.32 Å². The Morgan fingerprint density at radius 2 is 1.70 bits per heavy atom. The number of hydrogen-bond donors (Lipinski definition) is 4. The van der Waals surface area contributed by atoms with Gasteiger partial charge in [0, 0.05) is 6.04 Å². The number of hydrogen-bond acceptors (Lipinski definition) is 4. The Morgan fingerprint density at radius 1 is 1.10 bits per heavy atom. The number of aliphatic carboxylic acids is 1. The lowest BCUT2D eigenvalue weighted by Crippen LogP contribution is -2.45. The summed E-state index contributed by atoms with van der Waals surface area (Å²) in [4.78, 5) is 23.3. The number of phenols is 2. The maximum atomic E-state index is 12.1. The van der Waals surface area contributed by atoms with Crippen LogP contribution in [-0.4, -0.2) is 33.2 Å². The van der Waals surface area contributed by atoms with Gasteiger partial charge in [-0.3, -0.25) is 9.59 Å². The molecule has 0 aromatic heterocycles. The molecule has 108 valence electrons. The molecular weight excluding hydrogens is 262 g/mol. The Kier molecular flexibility index (Phi) is 4.12. The summed E-state index contributed by atoms with van der Waals surface area (Å²) in [6.07, 6.45) is 2.77. The van der Waals surface area contributed by atoms with Crippen LogP contribution in [0.4, 0.5) is 0 Å². The number of aromatic hydroxyl groups is 2. The van der Waals surface area contributed by atoms with E-state index in [1.54, 1.807) is 0 Å². The van der Waals surface area contributed by atoms with Gasteiger partial charge in [0.2, 0.25) is 0 Å². The van der Waals surface area contributed by atoms with Crippen LogP contribution in [0.15, 0.2) is 18.2 Å². The van der Waals surface area contributed by atoms with Crippen LogP contribution in [0.5, 0.6) is 11.5 Å². The van der Waals surface area contributed by atoms with Crippen molar-refractivity contribution < 1.29 is 24.9 Å². The van der Waals surface area contributed by atoms with Crippen LogP contribution in [0.2, 0.25) is 0 Å². The highest BCUT2D eigenvalue weighted by Gasteiger charge is 2.32. The molecule has 1 aromatic rings. The summed E-state index contributed by atoms with van der Waals surface area (Å²) in [6.45, 7) is 0. The summed E-state index contributed by atoms with van der Waals surface area (Å²) in [6, 6.07) is 3.53. The van der Waals surface area contributed by atoms with Gasteiger partial charge in [0.05, 0.1) is 5.92 Å². The highest BCUT2D eigenvalue weighted by molar-refractivity contribution is 5.99. The van der Waals surface area contributed by atoms with E-state index in [0.717, 1.165) is 12.8 Å². The zero-order valence-corrected chi connectivity index (χ0v) is 10.9. The van der Waals surface area contributed by atoms with E-state index in [0.29, 0.717) is 12.8 Å². The molecule has 0 heterocycles. The minimum Gasteiger partial charge on any atom is -0.507 e. The monoisotopic (exact) mass is 279 g/mol. The van der Waals surface area contributed by atoms with Crippen molar-refractivity contribution in [2.45, 2.75) is 31.7 Å². The molecule has 1 amide bonds. The number of benzene rings is 1. The molecule has 2 unspecified atom stereocenters. The lowest BCUT2D eigenvalue weighted by Gasteiger charge is -2.29. The first-order chi connectivity index (χ1) is 9.50. The Labute approximate surface area is 116 Å². The Balaban J connectivity index is 2.16. The van der Waals surface area contributed by atoms with Crippen LogP contribution in [0.1, 0.15) is 36.0 Å². The molecule has 4 N–H and O–H groups in total. The van der Waals surface area contributed by atoms with E-state index in [1.165, 1.54) is 18.2 Å². The summed E-state index contributed by atoms with van der Waals surface area (Å²) in [5.74, 6) is -2.87. The smallest absolute Gasteiger partial charge is 0.308 e. The zero-order valence-electron chi connectivity index (χ0n) is 10.9. The normalized spacial score (nSPS) is 22.2. The molecule has 0 saturated heterocycles. The third kappa shape index (κ3) is 2.84. The second-order valence-corrected chi connectivity index (χ2v) is 4.98. The number of nitrogens with one attached hydrogen (secondary N) is 1. The predicted molar refractivity (Wildman–Crippen MR) is 70.6 cm³/mol. The van der Waals surface area contributed by atoms with Crippen LogP contribution in [0, 0.1) is 5.92 Å². The summed E-state index contributed by atoms with van der Waals surface area (Å²) >= 11 is 0. The van der Waals surface area contributed by atoms with Gasteiger partial charge in [-0.15, -0.1) is 0 Å². The molecule has 0 radical (unpaired) electrons. The first kappa shape index (κ1) is 14.2. The molecule has 0 spiro atoms. The minimum absolute atomic E-state index is 0.220. The average molecular weight is 279 g/mol. The van der Waals surface area contributed by atoms with Crippen molar-refractivity contribution in [3.63, 3.8) is 0 Å². The number of carbonyl (C=O) groups is 2. The Hall–Kier alpha value is -2.24. The predicted octanol–water partition coefficient (Wildman–Crippen LogP) is 1.47. The molecule has 1 aliphatic carbocycles. The molecule has 2 atom stereocenters. The highest BCUT2D eigenvalue weighted by Crippen LogP contribution is 2.28. The highest BCUT2D eigenvalue weighted by atomic mass is 16.4. The maximum absolute atomic E-state index is 12.1. The van der Waals surface area contributed by atoms with Crippen LogP contribution < -0.4 is 5.32 Å². The van der Waals surface area contributed by atoms with Gasteiger partial charge in [0.1, 0.15) is 17.1 Å². The van der Waals surface area contributed by atoms with Gasteiger partial charge >= 0.3 is 5.97 Å². The Morgan fingerprint density at radius 3 is 2.30 bits per heavy atom. The molecule has 1 aliphatic rings. The lowest BCUT2D eigenvalue weighted by atomic mass is 9.84. The van der Waals surface area contributed by atoms with E-state index < -0.39 is 23.8 Å². The fraction of sp³-hybridized carbons (Fsp3) is 0.429. The van der Waals surface area contributed by atoms with Crippen LogP contribution in [0.3, 0.4) is 0 Å². The van der Waals surface area contributed by atoms with E-state index >= 15 is 0 Å². The van der Waals surface area contributed by atoms with Gasteiger partial charge in [-0.25, -0.2) is 0 Å². The second kappa shape index (κ2) is 5.81. The summed E-state index contributed by atoms with van der Waals surface area (Å²) < 4.78 is 0. The number of carboxylic acid groups (broad SMARTS) is 1. The van der Waals surface area contributed by atoms with Crippen LogP contribution in [0.25, 0.3) is 0 Å². The Bertz CT molecular complexity index is 508. The molecule has 1 fully saturated rings. The first-order valence-electron chi connectivity index (χ1n) is 6.55. The molecular formula is C14H17NO5. The third-order valence-corrected chi connectivity index (χ3v) is 3.65. The molecule has 1 aromatic carbocycles. The van der Waals surface area contributed by atoms with Crippen molar-refractivity contribution in [2.24, 2.45) is 5.92 Å². The van der Waals surface area contributed by atoms with Crippen molar-refractivity contribution in [3.05, 3.63) is 23.8 Å². The van der Waals surface area contributed by atoms with Crippen molar-refractivity contribution in [2.75, 3.05) is 0 Å². The van der Waals surface area contributed by atoms with Crippen molar-refractivity contribution >= 4 is 11.9 Å². The first-order valence-corrected chi connectivity index (χ1v) is 6.55. The van der Waals surface area contributed by atoms with Crippen molar-refractivity contribution in [3.8, 4) is 11.5 Å². The number of carboxylic acids is 1. The fourth-order valence-corrected chi connectivity index (χ4v) is 2.60. The van der Waals surface area contributed by atoms with E-state index in [-0.39, 0.29) is 17.1 Å². The topological polar surface area (TPSA) is 107 Å². The number of phenolic OH excluding ortho intramolecular Hbond substituents is 2. The summed E-state index contributed by atoms with van der Waals surface area (Å²) in [5, 5.41) is 31.0. The van der Waals surface area contributed by atoms with Gasteiger partial charge in [-0.05, 0) is 25.0 Å². The summed E-state index contributed by atoms with van der Waals surface area (Å²) in [7, 11) is 0. The maximum Gasteiger partial charge on any atom is 0.308 e. The molecule has 20 heavy (non-hydrogen) atoms. The SMILES string of the molecule is O=C(NC1CCCCC1C(=O)O)c1c(O)cccc1O. The largest absolute Gasteiger partial charge is 0.507 e. The van der Waals surface area contributed by atoms with Gasteiger partial charge in [0.15, 0.2) is 0 Å². The van der Waals surface area contributed by atoms with Crippen molar-refractivity contribution in [1.29, 1.82) is 0 Å². The molecule has 1 saturated carbocycles. The number of amides is 1. The van der Waals surface area contributed by atoms with Crippen molar-refractivity contribution in [1.82, 2.24) is 5.32 Å². The molecule has 0 bridgehead atoms. The number of carbonyl (C=O) groups excluding carboxylic acids is 1. The third-order valence-electron chi connectivity index (χ3n) is 3.65. The molecule has 0 aliphatic heterocycles. The average Bonchev–Trinajstić information content (AvgIpc) is 2.38. The van der Waals surface area contributed by atoms with Gasteiger partial charge < -0.3 is 20.6 Å². The standard InChI is InChI=1S/C14H17NO5/c16-10-6-3-7-11(17)12(10)13(18)15-9-5-2-1-4-8(9)14(19)20/h3,6-9,16-17H,1-2,4-5H2,(H,15,18)(H,19,20). The van der Waals surface area contributed by atoms with E-state index in [1.807, 2.05) is 0 Å². The number of rotatable bonds is 3. The lowest BCUT2D eigenvalue weighted by molar-refractivity contribution is -0.143. The van der Waals surface area contributed by atoms with Crippen LogP contribution >= 0.6 is 0 Å². The fourth-order valence-electron chi connectivity index (χ4n) is 2.60. The van der Waals surface area contributed by atoms with E-state index in [9.17, 15) is 19.8 Å². The molecule has 6 heteroatoms. The van der Waals surface area contributed by atoms with Crippen LogP contribution in [-0.2, 0) is 4.79 Å². The second-order valence-electron chi connectivity index (χ2n) is 4.98. The minimum atomic E-state index is -0.934. The molecule has 2 rings (SSSR count). The van der Waals surface area contributed by atoms with Gasteiger partial charge in [-0.2, -0.15) is 0 Å².